The van der Waals surface area contributed by atoms with E-state index in [0.717, 1.165) is 12.8 Å². The van der Waals surface area contributed by atoms with Crippen LogP contribution in [-0.4, -0.2) is 15.2 Å². The van der Waals surface area contributed by atoms with Crippen LogP contribution in [0.1, 0.15) is 64.1 Å². The summed E-state index contributed by atoms with van der Waals surface area (Å²) in [5.41, 5.74) is 1.21. The molecule has 0 bridgehead atoms. The standard InChI is InChI=1S/C15H25ClN2/c1-3-13(12(2)16)11-14-9-10-18(17-14)15-7-5-4-6-8-15/h9-10,12-13,15H,3-8,11H2,1-2H3. The van der Waals surface area contributed by atoms with Gasteiger partial charge in [-0.3, -0.25) is 4.68 Å². The van der Waals surface area contributed by atoms with Crippen molar-refractivity contribution in [3.8, 4) is 0 Å². The molecule has 0 spiro atoms. The summed E-state index contributed by atoms with van der Waals surface area (Å²) in [5.74, 6) is 0.543. The summed E-state index contributed by atoms with van der Waals surface area (Å²) in [7, 11) is 0. The fourth-order valence-electron chi connectivity index (χ4n) is 2.94. The van der Waals surface area contributed by atoms with Gasteiger partial charge in [0, 0.05) is 11.6 Å². The Morgan fingerprint density at radius 1 is 1.39 bits per heavy atom. The number of halogens is 1. The normalized spacial score (nSPS) is 20.8. The van der Waals surface area contributed by atoms with E-state index < -0.39 is 0 Å². The molecular weight excluding hydrogens is 244 g/mol. The first-order valence-corrected chi connectivity index (χ1v) is 7.82. The zero-order valence-corrected chi connectivity index (χ0v) is 12.4. The summed E-state index contributed by atoms with van der Waals surface area (Å²) in [6.07, 6.45) is 11.0. The Morgan fingerprint density at radius 3 is 2.72 bits per heavy atom. The first kappa shape index (κ1) is 13.9. The van der Waals surface area contributed by atoms with Gasteiger partial charge < -0.3 is 0 Å². The third-order valence-electron chi connectivity index (χ3n) is 4.26. The van der Waals surface area contributed by atoms with E-state index in [1.165, 1.54) is 37.8 Å². The topological polar surface area (TPSA) is 17.8 Å². The maximum Gasteiger partial charge on any atom is 0.0628 e. The second-order valence-electron chi connectivity index (χ2n) is 5.63. The van der Waals surface area contributed by atoms with E-state index in [0.29, 0.717) is 12.0 Å². The fourth-order valence-corrected chi connectivity index (χ4v) is 3.20. The predicted octanol–water partition coefficient (Wildman–Crippen LogP) is 4.58. The van der Waals surface area contributed by atoms with Gasteiger partial charge in [-0.2, -0.15) is 5.10 Å². The van der Waals surface area contributed by atoms with Crippen LogP contribution in [0.15, 0.2) is 12.3 Å². The monoisotopic (exact) mass is 268 g/mol. The molecule has 2 rings (SSSR count). The van der Waals surface area contributed by atoms with Gasteiger partial charge in [0.1, 0.15) is 0 Å². The van der Waals surface area contributed by atoms with Gasteiger partial charge in [0.05, 0.1) is 11.7 Å². The van der Waals surface area contributed by atoms with E-state index in [2.05, 4.69) is 30.8 Å². The molecule has 2 atom stereocenters. The molecule has 1 aromatic heterocycles. The lowest BCUT2D eigenvalue weighted by molar-refractivity contribution is 0.327. The molecule has 0 amide bonds. The Kier molecular flexibility index (Phi) is 5.11. The minimum atomic E-state index is 0.231. The summed E-state index contributed by atoms with van der Waals surface area (Å²) in [6, 6.07) is 2.82. The lowest BCUT2D eigenvalue weighted by Crippen LogP contribution is -2.16. The van der Waals surface area contributed by atoms with Crippen LogP contribution >= 0.6 is 11.6 Å². The van der Waals surface area contributed by atoms with Crippen molar-refractivity contribution in [1.82, 2.24) is 9.78 Å². The molecule has 0 aromatic carbocycles. The average Bonchev–Trinajstić information content (AvgIpc) is 2.85. The molecule has 1 aromatic rings. The van der Waals surface area contributed by atoms with E-state index >= 15 is 0 Å². The Morgan fingerprint density at radius 2 is 2.11 bits per heavy atom. The first-order chi connectivity index (χ1) is 8.70. The van der Waals surface area contributed by atoms with E-state index in [9.17, 15) is 0 Å². The van der Waals surface area contributed by atoms with E-state index in [1.807, 2.05) is 0 Å². The summed E-state index contributed by atoms with van der Waals surface area (Å²) in [6.45, 7) is 4.30. The van der Waals surface area contributed by atoms with Crippen molar-refractivity contribution in [2.75, 3.05) is 0 Å². The number of aromatic nitrogens is 2. The first-order valence-electron chi connectivity index (χ1n) is 7.38. The molecule has 0 aliphatic heterocycles. The molecule has 1 fully saturated rings. The predicted molar refractivity (Wildman–Crippen MR) is 77.1 cm³/mol. The molecule has 0 saturated heterocycles. The molecule has 18 heavy (non-hydrogen) atoms. The Bertz CT molecular complexity index is 353. The molecule has 1 heterocycles. The number of hydrogen-bond acceptors (Lipinski definition) is 1. The molecule has 2 nitrogen and oxygen atoms in total. The van der Waals surface area contributed by atoms with E-state index in [4.69, 9.17) is 16.7 Å². The Labute approximate surface area is 116 Å². The van der Waals surface area contributed by atoms with Crippen molar-refractivity contribution >= 4 is 11.6 Å². The van der Waals surface area contributed by atoms with Crippen LogP contribution in [0.3, 0.4) is 0 Å². The largest absolute Gasteiger partial charge is 0.269 e. The Balaban J connectivity index is 1.96. The molecule has 1 aliphatic rings. The third kappa shape index (κ3) is 3.50. The molecule has 0 N–H and O–H groups in total. The third-order valence-corrected chi connectivity index (χ3v) is 4.61. The van der Waals surface area contributed by atoms with Gasteiger partial charge in [0.25, 0.3) is 0 Å². The van der Waals surface area contributed by atoms with Crippen molar-refractivity contribution in [3.05, 3.63) is 18.0 Å². The molecule has 0 radical (unpaired) electrons. The second kappa shape index (κ2) is 6.60. The van der Waals surface area contributed by atoms with Crippen molar-refractivity contribution < 1.29 is 0 Å². The fraction of sp³-hybridized carbons (Fsp3) is 0.800. The molecule has 102 valence electrons. The van der Waals surface area contributed by atoms with Gasteiger partial charge in [-0.15, -0.1) is 11.6 Å². The van der Waals surface area contributed by atoms with E-state index in [1.54, 1.807) is 0 Å². The molecule has 3 heteroatoms. The maximum absolute atomic E-state index is 6.21. The lowest BCUT2D eigenvalue weighted by atomic mass is 9.96. The summed E-state index contributed by atoms with van der Waals surface area (Å²) < 4.78 is 2.19. The number of alkyl halides is 1. The van der Waals surface area contributed by atoms with Crippen LogP contribution in [0.25, 0.3) is 0 Å². The van der Waals surface area contributed by atoms with Crippen molar-refractivity contribution in [2.45, 2.75) is 70.2 Å². The zero-order chi connectivity index (χ0) is 13.0. The number of hydrogen-bond donors (Lipinski definition) is 0. The number of rotatable bonds is 5. The zero-order valence-electron chi connectivity index (χ0n) is 11.6. The SMILES string of the molecule is CCC(Cc1ccn(C2CCCCC2)n1)C(C)Cl. The quantitative estimate of drug-likeness (QED) is 0.715. The van der Waals surface area contributed by atoms with Crippen LogP contribution in [0.4, 0.5) is 0 Å². The van der Waals surface area contributed by atoms with E-state index in [-0.39, 0.29) is 5.38 Å². The summed E-state index contributed by atoms with van der Waals surface area (Å²) >= 11 is 6.21. The van der Waals surface area contributed by atoms with Crippen LogP contribution in [-0.2, 0) is 6.42 Å². The highest BCUT2D eigenvalue weighted by atomic mass is 35.5. The van der Waals surface area contributed by atoms with Gasteiger partial charge >= 0.3 is 0 Å². The second-order valence-corrected chi connectivity index (χ2v) is 6.32. The highest BCUT2D eigenvalue weighted by Gasteiger charge is 2.18. The van der Waals surface area contributed by atoms with Gasteiger partial charge in [0.2, 0.25) is 0 Å². The van der Waals surface area contributed by atoms with Gasteiger partial charge in [0.15, 0.2) is 0 Å². The molecular formula is C15H25ClN2. The van der Waals surface area contributed by atoms with Crippen LogP contribution in [0.5, 0.6) is 0 Å². The van der Waals surface area contributed by atoms with Crippen LogP contribution in [0, 0.1) is 5.92 Å². The van der Waals surface area contributed by atoms with Gasteiger partial charge in [-0.05, 0) is 38.2 Å². The molecule has 2 unspecified atom stereocenters. The Hall–Kier alpha value is -0.500. The minimum Gasteiger partial charge on any atom is -0.269 e. The average molecular weight is 269 g/mol. The lowest BCUT2D eigenvalue weighted by Gasteiger charge is -2.22. The highest BCUT2D eigenvalue weighted by Crippen LogP contribution is 2.28. The highest BCUT2D eigenvalue weighted by molar-refractivity contribution is 6.20. The summed E-state index contributed by atoms with van der Waals surface area (Å²) in [4.78, 5) is 0. The maximum atomic E-state index is 6.21. The van der Waals surface area contributed by atoms with Crippen molar-refractivity contribution in [3.63, 3.8) is 0 Å². The van der Waals surface area contributed by atoms with Crippen molar-refractivity contribution in [2.24, 2.45) is 5.92 Å². The van der Waals surface area contributed by atoms with Crippen LogP contribution < -0.4 is 0 Å². The molecule has 1 aliphatic carbocycles. The smallest absolute Gasteiger partial charge is 0.0628 e. The summed E-state index contributed by atoms with van der Waals surface area (Å²) in [5, 5.41) is 4.99. The number of nitrogens with zero attached hydrogens (tertiary/aromatic N) is 2. The van der Waals surface area contributed by atoms with Gasteiger partial charge in [-0.25, -0.2) is 0 Å². The van der Waals surface area contributed by atoms with Crippen molar-refractivity contribution in [1.29, 1.82) is 0 Å². The van der Waals surface area contributed by atoms with Crippen LogP contribution in [0.2, 0.25) is 0 Å². The molecule has 1 saturated carbocycles. The minimum absolute atomic E-state index is 0.231. The van der Waals surface area contributed by atoms with Gasteiger partial charge in [-0.1, -0.05) is 32.6 Å².